The molecule has 2 saturated heterocycles. The average Bonchev–Trinajstić information content (AvgIpc) is 3.75. The second-order valence-corrected chi connectivity index (χ2v) is 23.4. The number of fused-ring (bicyclic) bond motifs is 1. The van der Waals surface area contributed by atoms with E-state index in [0.29, 0.717) is 37.6 Å². The van der Waals surface area contributed by atoms with Gasteiger partial charge >= 0.3 is 0 Å². The molecule has 8 rings (SSSR count). The molecule has 0 spiro atoms. The van der Waals surface area contributed by atoms with E-state index >= 15 is 0 Å². The maximum absolute atomic E-state index is 14.0. The molecule has 356 valence electrons. The number of sulfonamides is 1. The molecule has 1 amide bonds. The van der Waals surface area contributed by atoms with Crippen LogP contribution in [0.2, 0.25) is 5.02 Å². The molecule has 4 heterocycles. The number of rotatable bonds is 15. The number of nitrogens with zero attached hydrogens (tertiary/aromatic N) is 6. The molecule has 3 aliphatic rings. The van der Waals surface area contributed by atoms with E-state index in [0.717, 1.165) is 87.0 Å². The third kappa shape index (κ3) is 12.1. The number of carbonyl (C=O) groups excluding carboxylic acids is 1. The molecule has 0 bridgehead atoms. The molecule has 0 atom stereocenters. The van der Waals surface area contributed by atoms with Crippen LogP contribution < -0.4 is 19.7 Å². The zero-order chi connectivity index (χ0) is 47.5. The van der Waals surface area contributed by atoms with Crippen molar-refractivity contribution in [1.29, 1.82) is 0 Å². The molecule has 2 fully saturated rings. The summed E-state index contributed by atoms with van der Waals surface area (Å²) in [6.07, 6.45) is 11.3. The molecular weight excluding hydrogens is 914 g/mol. The summed E-state index contributed by atoms with van der Waals surface area (Å²) in [5.74, 6) is -0.509. The molecule has 3 N–H and O–H groups in total. The van der Waals surface area contributed by atoms with Gasteiger partial charge in [-0.25, -0.2) is 22.5 Å². The van der Waals surface area contributed by atoms with Gasteiger partial charge in [0.05, 0.1) is 27.6 Å². The topological polar surface area (TPSA) is 195 Å². The van der Waals surface area contributed by atoms with E-state index in [1.165, 1.54) is 41.1 Å². The van der Waals surface area contributed by atoms with Crippen molar-refractivity contribution in [3.63, 3.8) is 0 Å². The number of likely N-dealkylation sites (tertiary alicyclic amines) is 1. The normalized spacial score (nSPS) is 17.7. The van der Waals surface area contributed by atoms with Gasteiger partial charge in [0.15, 0.2) is 0 Å². The Labute approximate surface area is 397 Å². The van der Waals surface area contributed by atoms with Gasteiger partial charge in [-0.2, -0.15) is 0 Å². The highest BCUT2D eigenvalue weighted by atomic mass is 35.5. The molecule has 2 aliphatic heterocycles. The summed E-state index contributed by atoms with van der Waals surface area (Å²) >= 11 is 6.25. The van der Waals surface area contributed by atoms with Crippen molar-refractivity contribution in [2.24, 2.45) is 9.78 Å². The lowest BCUT2D eigenvalue weighted by atomic mass is 9.72. The largest absolute Gasteiger partial charge is 0.455 e. The van der Waals surface area contributed by atoms with Crippen molar-refractivity contribution in [2.45, 2.75) is 56.9 Å². The van der Waals surface area contributed by atoms with E-state index in [1.807, 2.05) is 18.2 Å². The molecule has 0 radical (unpaired) electrons. The number of halogens is 1. The Morgan fingerprint density at radius 3 is 2.43 bits per heavy atom. The number of H-pyrrole nitrogens is 1. The highest BCUT2D eigenvalue weighted by Gasteiger charge is 2.31. The van der Waals surface area contributed by atoms with Gasteiger partial charge < -0.3 is 24.8 Å². The van der Waals surface area contributed by atoms with Gasteiger partial charge in [0.25, 0.3) is 21.6 Å². The monoisotopic (exact) mass is 971 g/mol. The first kappa shape index (κ1) is 47.9. The predicted octanol–water partition coefficient (Wildman–Crippen LogP) is 8.43. The third-order valence-corrected chi connectivity index (χ3v) is 15.1. The number of aromatic nitrogens is 2. The highest BCUT2D eigenvalue weighted by Crippen LogP contribution is 2.43. The second-order valence-electron chi connectivity index (χ2n) is 18.7. The van der Waals surface area contributed by atoms with Crippen LogP contribution in [0.5, 0.6) is 11.5 Å². The molecule has 5 aromatic rings. The van der Waals surface area contributed by atoms with Gasteiger partial charge in [-0.1, -0.05) is 43.2 Å². The summed E-state index contributed by atoms with van der Waals surface area (Å²) in [4.78, 5) is 39.5. The number of ether oxygens (including phenoxy) is 1. The molecule has 3 aromatic carbocycles. The van der Waals surface area contributed by atoms with Gasteiger partial charge in [0.2, 0.25) is 0 Å². The Morgan fingerprint density at radius 1 is 0.970 bits per heavy atom. The lowest BCUT2D eigenvalue weighted by molar-refractivity contribution is -0.384. The van der Waals surface area contributed by atoms with Crippen molar-refractivity contribution in [2.75, 3.05) is 81.6 Å². The molecule has 16 nitrogen and oxygen atoms in total. The fourth-order valence-corrected chi connectivity index (χ4v) is 11.2. The first-order valence-corrected chi connectivity index (χ1v) is 26.7. The summed E-state index contributed by atoms with van der Waals surface area (Å²) in [6, 6.07) is 20.4. The number of allylic oxidation sites excluding steroid dienone is 1. The SMILES string of the molecule is CC1(C)CCC(CN2CCN(c3ccc(C(=O)NS(=O)(=O)c4ccc(NCCN5CCC(N=S(C)(C)=O)CC5)c([N+](=O)[O-])c4)c(Oc4cnc5[nH]ccc5c4)c3)CC2)=C(c2ccc(Cl)cc2)C1. The number of hydrogen-bond donors (Lipinski definition) is 3. The molecule has 0 unspecified atom stereocenters. The summed E-state index contributed by atoms with van der Waals surface area (Å²) < 4.78 is 52.5. The Balaban J connectivity index is 0.961. The van der Waals surface area contributed by atoms with Gasteiger partial charge in [0.1, 0.15) is 22.8 Å². The smallest absolute Gasteiger partial charge is 0.293 e. The number of nitro groups is 1. The van der Waals surface area contributed by atoms with Crippen LogP contribution in [-0.2, 0) is 19.8 Å². The standard InChI is InChI=1S/C48H58ClN9O7S2/c1-48(2)17-13-35(42(30-48)33-5-7-36(49)8-6-33)32-56-23-25-57(26-24-56)38-9-11-41(45(28-38)65-39-27-34-14-18-51-46(34)52-31-39)47(59)54-67(63,64)40-10-12-43(44(29-40)58(60)61)50-19-22-55-20-15-37(16-21-55)53-66(3,4)62/h5-12,14,18,27-29,31,37,50H,13,15-17,19-26,30,32H2,1-4H3,(H,51,52)(H,54,59). The van der Waals surface area contributed by atoms with E-state index in [-0.39, 0.29) is 28.5 Å². The van der Waals surface area contributed by atoms with Crippen molar-refractivity contribution < 1.29 is 27.1 Å². The van der Waals surface area contributed by atoms with E-state index < -0.39 is 41.2 Å². The van der Waals surface area contributed by atoms with Crippen LogP contribution >= 0.6 is 11.6 Å². The third-order valence-electron chi connectivity index (χ3n) is 12.7. The molecule has 19 heteroatoms. The van der Waals surface area contributed by atoms with Crippen LogP contribution in [0.3, 0.4) is 0 Å². The number of hydrogen-bond acceptors (Lipinski definition) is 13. The summed E-state index contributed by atoms with van der Waals surface area (Å²) in [5.41, 5.74) is 5.41. The number of piperidine rings is 1. The predicted molar refractivity (Wildman–Crippen MR) is 265 cm³/mol. The van der Waals surface area contributed by atoms with Crippen LogP contribution in [0.25, 0.3) is 16.6 Å². The van der Waals surface area contributed by atoms with Crippen molar-refractivity contribution >= 4 is 70.9 Å². The number of benzene rings is 3. The molecule has 67 heavy (non-hydrogen) atoms. The summed E-state index contributed by atoms with van der Waals surface area (Å²) in [5, 5.41) is 16.8. The van der Waals surface area contributed by atoms with Crippen molar-refractivity contribution in [1.82, 2.24) is 24.5 Å². The number of pyridine rings is 1. The van der Waals surface area contributed by atoms with Crippen LogP contribution in [0.4, 0.5) is 17.1 Å². The minimum absolute atomic E-state index is 0.0460. The van der Waals surface area contributed by atoms with Crippen LogP contribution in [0, 0.1) is 15.5 Å². The van der Waals surface area contributed by atoms with Crippen LogP contribution in [0.15, 0.2) is 100 Å². The molecule has 1 aliphatic carbocycles. The lowest BCUT2D eigenvalue weighted by Gasteiger charge is -2.39. The van der Waals surface area contributed by atoms with E-state index in [9.17, 15) is 27.5 Å². The highest BCUT2D eigenvalue weighted by molar-refractivity contribution is 7.92. The van der Waals surface area contributed by atoms with E-state index in [1.54, 1.807) is 36.9 Å². The Kier molecular flexibility index (Phi) is 14.3. The number of anilines is 2. The Hall–Kier alpha value is -5.53. The number of nitrogens with one attached hydrogen (secondary N) is 3. The summed E-state index contributed by atoms with van der Waals surface area (Å²) in [7, 11) is -6.77. The maximum Gasteiger partial charge on any atom is 0.293 e. The number of piperazine rings is 1. The van der Waals surface area contributed by atoms with Crippen molar-refractivity contribution in [3.8, 4) is 11.5 Å². The van der Waals surface area contributed by atoms with Crippen molar-refractivity contribution in [3.05, 3.63) is 117 Å². The van der Waals surface area contributed by atoms with Gasteiger partial charge in [-0.15, -0.1) is 0 Å². The molecule has 0 saturated carbocycles. The Morgan fingerprint density at radius 2 is 1.72 bits per heavy atom. The first-order chi connectivity index (χ1) is 31.9. The van der Waals surface area contributed by atoms with E-state index in [2.05, 4.69) is 65.0 Å². The van der Waals surface area contributed by atoms with Gasteiger partial charge in [0, 0.05) is 116 Å². The quantitative estimate of drug-likeness (QED) is 0.0671. The fourth-order valence-electron chi connectivity index (χ4n) is 9.15. The number of aromatic amines is 1. The van der Waals surface area contributed by atoms with Gasteiger partial charge in [-0.05, 0) is 97.2 Å². The fraction of sp³-hybridized carbons (Fsp3) is 0.417. The van der Waals surface area contributed by atoms with Crippen LogP contribution in [-0.4, -0.2) is 121 Å². The zero-order valence-electron chi connectivity index (χ0n) is 38.3. The minimum atomic E-state index is -4.59. The van der Waals surface area contributed by atoms with E-state index in [4.69, 9.17) is 16.3 Å². The zero-order valence-corrected chi connectivity index (χ0v) is 40.7. The Bertz CT molecular complexity index is 2910. The molecule has 2 aromatic heterocycles. The minimum Gasteiger partial charge on any atom is -0.455 e. The first-order valence-electron chi connectivity index (χ1n) is 22.6. The average molecular weight is 973 g/mol. The van der Waals surface area contributed by atoms with Gasteiger partial charge in [-0.3, -0.25) is 24.0 Å². The number of nitro benzene ring substituents is 1. The number of carbonyl (C=O) groups is 1. The molecular formula is C48H58ClN9O7S2. The maximum atomic E-state index is 14.0. The number of amides is 1. The summed E-state index contributed by atoms with van der Waals surface area (Å²) in [6.45, 7) is 11.1. The lowest BCUT2D eigenvalue weighted by Crippen LogP contribution is -2.47. The van der Waals surface area contributed by atoms with Crippen LogP contribution in [0.1, 0.15) is 61.9 Å². The second kappa shape index (κ2) is 20.0.